The maximum Gasteiger partial charge on any atom is 0.263 e. The summed E-state index contributed by atoms with van der Waals surface area (Å²) in [5.74, 6) is -0.334. The number of aromatic amines is 1. The average Bonchev–Trinajstić information content (AvgIpc) is 3.65. The van der Waals surface area contributed by atoms with Crippen molar-refractivity contribution in [1.29, 1.82) is 5.26 Å². The van der Waals surface area contributed by atoms with Crippen LogP contribution in [0.5, 0.6) is 0 Å². The number of carbonyl (C=O) groups is 2. The molecule has 1 amide bonds. The van der Waals surface area contributed by atoms with Gasteiger partial charge in [-0.25, -0.2) is 14.4 Å². The number of hydrogen-bond acceptors (Lipinski definition) is 8. The van der Waals surface area contributed by atoms with Crippen molar-refractivity contribution in [1.82, 2.24) is 25.3 Å². The van der Waals surface area contributed by atoms with Crippen LogP contribution in [0.3, 0.4) is 0 Å². The monoisotopic (exact) mass is 492 g/mol. The lowest BCUT2D eigenvalue weighted by Crippen LogP contribution is -2.28. The number of nitrogens with one attached hydrogen (secondary N) is 2. The summed E-state index contributed by atoms with van der Waals surface area (Å²) in [6, 6.07) is 7.31. The zero-order chi connectivity index (χ0) is 24.6. The third-order valence-electron chi connectivity index (χ3n) is 5.33. The second-order valence-electron chi connectivity index (χ2n) is 7.72. The molecule has 0 saturated heterocycles. The number of nitrogens with zero attached hydrogens (tertiary/aromatic N) is 4. The molecule has 9 nitrogen and oxygen atoms in total. The molecule has 0 unspecified atom stereocenters. The molecule has 3 heterocycles. The molecule has 0 spiro atoms. The van der Waals surface area contributed by atoms with Crippen LogP contribution in [0.25, 0.3) is 11.4 Å². The fourth-order valence-corrected chi connectivity index (χ4v) is 4.12. The highest BCUT2D eigenvalue weighted by atomic mass is 32.1. The lowest BCUT2D eigenvalue weighted by atomic mass is 10.0. The van der Waals surface area contributed by atoms with Crippen LogP contribution in [0, 0.1) is 17.1 Å². The molecular weight excluding hydrogens is 471 g/mol. The Hall–Kier alpha value is -4.17. The first kappa shape index (κ1) is 24.0. The molecule has 0 fully saturated rings. The molecule has 0 aliphatic heterocycles. The molecule has 11 heteroatoms. The normalized spacial score (nSPS) is 11.7. The number of halogens is 1. The van der Waals surface area contributed by atoms with Gasteiger partial charge in [0.05, 0.1) is 29.6 Å². The molecule has 1 aromatic carbocycles. The molecule has 0 saturated carbocycles. The SMILES string of the molecule is N#Cc1nc(-c2ccc(F)cc2)[nH]c1[C@H](CCCCCC(=O)c1ncco1)NC(=O)c1cncs1. The molecule has 178 valence electrons. The number of thiazole rings is 1. The van der Waals surface area contributed by atoms with Crippen molar-refractivity contribution in [2.24, 2.45) is 0 Å². The number of imidazole rings is 1. The van der Waals surface area contributed by atoms with Gasteiger partial charge in [-0.2, -0.15) is 5.26 Å². The molecule has 4 aromatic rings. The Morgan fingerprint density at radius 3 is 2.74 bits per heavy atom. The van der Waals surface area contributed by atoms with Crippen LogP contribution in [0.1, 0.15) is 69.9 Å². The van der Waals surface area contributed by atoms with Crippen molar-refractivity contribution < 1.29 is 18.4 Å². The van der Waals surface area contributed by atoms with Gasteiger partial charge in [-0.15, -0.1) is 11.3 Å². The number of aromatic nitrogens is 4. The highest BCUT2D eigenvalue weighted by Crippen LogP contribution is 2.27. The molecule has 3 aromatic heterocycles. The fourth-order valence-electron chi connectivity index (χ4n) is 3.59. The molecular formula is C24H21FN6O3S. The molecule has 0 aliphatic carbocycles. The zero-order valence-electron chi connectivity index (χ0n) is 18.5. The van der Waals surface area contributed by atoms with Crippen molar-refractivity contribution >= 4 is 23.0 Å². The number of ketones is 1. The first-order chi connectivity index (χ1) is 17.0. The summed E-state index contributed by atoms with van der Waals surface area (Å²) in [6.07, 6.45) is 7.13. The number of nitriles is 1. The average molecular weight is 493 g/mol. The minimum atomic E-state index is -0.525. The highest BCUT2D eigenvalue weighted by Gasteiger charge is 2.23. The van der Waals surface area contributed by atoms with Crippen molar-refractivity contribution in [3.8, 4) is 17.5 Å². The largest absolute Gasteiger partial charge is 0.442 e. The number of Topliss-reactive ketones (excluding diaryl/α,β-unsaturated/α-hetero) is 1. The Morgan fingerprint density at radius 1 is 1.23 bits per heavy atom. The predicted octanol–water partition coefficient (Wildman–Crippen LogP) is 4.84. The van der Waals surface area contributed by atoms with Crippen LogP contribution in [-0.2, 0) is 0 Å². The van der Waals surface area contributed by atoms with Gasteiger partial charge in [-0.3, -0.25) is 14.6 Å². The van der Waals surface area contributed by atoms with E-state index in [-0.39, 0.29) is 29.1 Å². The molecule has 0 radical (unpaired) electrons. The summed E-state index contributed by atoms with van der Waals surface area (Å²) < 4.78 is 18.4. The van der Waals surface area contributed by atoms with E-state index in [1.54, 1.807) is 17.6 Å². The lowest BCUT2D eigenvalue weighted by molar-refractivity contribution is 0.0935. The van der Waals surface area contributed by atoms with Crippen LogP contribution in [0.4, 0.5) is 4.39 Å². The standard InChI is InChI=1S/C24H21FN6O3S/c25-16-8-6-15(7-9-16)22-29-18(12-26)21(31-22)17(30-23(33)20-13-27-14-35-20)4-2-1-3-5-19(32)24-28-10-11-34-24/h6-11,13-14,17H,1-5H2,(H,29,31)(H,30,33)/t17-/m0/s1. The van der Waals surface area contributed by atoms with E-state index in [0.717, 1.165) is 6.42 Å². The van der Waals surface area contributed by atoms with E-state index in [0.29, 0.717) is 47.6 Å². The molecule has 2 N–H and O–H groups in total. The number of amides is 1. The summed E-state index contributed by atoms with van der Waals surface area (Å²) in [5, 5.41) is 12.6. The third-order valence-corrected chi connectivity index (χ3v) is 6.10. The summed E-state index contributed by atoms with van der Waals surface area (Å²) in [4.78, 5) is 40.5. The quantitative estimate of drug-likeness (QED) is 0.226. The minimum Gasteiger partial charge on any atom is -0.442 e. The number of oxazole rings is 1. The van der Waals surface area contributed by atoms with E-state index in [1.165, 1.54) is 42.1 Å². The van der Waals surface area contributed by atoms with Gasteiger partial charge < -0.3 is 14.7 Å². The van der Waals surface area contributed by atoms with Gasteiger partial charge in [-0.1, -0.05) is 12.8 Å². The summed E-state index contributed by atoms with van der Waals surface area (Å²) in [7, 11) is 0. The third kappa shape index (κ3) is 6.04. The second kappa shape index (κ2) is 11.3. The van der Waals surface area contributed by atoms with Crippen molar-refractivity contribution in [2.75, 3.05) is 0 Å². The predicted molar refractivity (Wildman–Crippen MR) is 125 cm³/mol. The molecule has 4 rings (SSSR count). The number of carbonyl (C=O) groups excluding carboxylic acids is 2. The van der Waals surface area contributed by atoms with Crippen LogP contribution in [0.2, 0.25) is 0 Å². The van der Waals surface area contributed by atoms with Crippen LogP contribution in [0.15, 0.2) is 52.9 Å². The summed E-state index contributed by atoms with van der Waals surface area (Å²) in [5.41, 5.74) is 2.81. The summed E-state index contributed by atoms with van der Waals surface area (Å²) >= 11 is 1.21. The van der Waals surface area contributed by atoms with E-state index in [1.807, 2.05) is 0 Å². The zero-order valence-corrected chi connectivity index (χ0v) is 19.3. The first-order valence-corrected chi connectivity index (χ1v) is 11.8. The second-order valence-corrected chi connectivity index (χ2v) is 8.60. The van der Waals surface area contributed by atoms with Gasteiger partial charge in [0.15, 0.2) is 5.69 Å². The van der Waals surface area contributed by atoms with Gasteiger partial charge in [0.2, 0.25) is 5.78 Å². The number of benzene rings is 1. The first-order valence-electron chi connectivity index (χ1n) is 10.9. The van der Waals surface area contributed by atoms with Gasteiger partial charge in [0.25, 0.3) is 11.8 Å². The Balaban J connectivity index is 1.47. The van der Waals surface area contributed by atoms with E-state index in [2.05, 4.69) is 31.3 Å². The Bertz CT molecular complexity index is 1310. The fraction of sp³-hybridized carbons (Fsp3) is 0.250. The number of unbranched alkanes of at least 4 members (excludes halogenated alkanes) is 2. The van der Waals surface area contributed by atoms with E-state index in [9.17, 15) is 19.2 Å². The number of H-pyrrole nitrogens is 1. The van der Waals surface area contributed by atoms with Crippen LogP contribution in [-0.4, -0.2) is 31.6 Å². The Morgan fingerprint density at radius 2 is 2.06 bits per heavy atom. The van der Waals surface area contributed by atoms with Crippen LogP contribution >= 0.6 is 11.3 Å². The van der Waals surface area contributed by atoms with Gasteiger partial charge >= 0.3 is 0 Å². The van der Waals surface area contributed by atoms with E-state index in [4.69, 9.17) is 4.42 Å². The van der Waals surface area contributed by atoms with E-state index < -0.39 is 6.04 Å². The Kier molecular flexibility index (Phi) is 7.74. The molecule has 0 bridgehead atoms. The van der Waals surface area contributed by atoms with Crippen molar-refractivity contribution in [2.45, 2.75) is 38.1 Å². The van der Waals surface area contributed by atoms with Crippen molar-refractivity contribution in [3.05, 3.63) is 76.4 Å². The maximum atomic E-state index is 13.3. The van der Waals surface area contributed by atoms with Crippen LogP contribution < -0.4 is 5.32 Å². The number of hydrogen-bond donors (Lipinski definition) is 2. The topological polar surface area (TPSA) is 138 Å². The Labute approximate surface area is 204 Å². The molecule has 1 atom stereocenters. The molecule has 0 aliphatic rings. The molecule has 35 heavy (non-hydrogen) atoms. The highest BCUT2D eigenvalue weighted by molar-refractivity contribution is 7.11. The minimum absolute atomic E-state index is 0.101. The van der Waals surface area contributed by atoms with Crippen molar-refractivity contribution in [3.63, 3.8) is 0 Å². The van der Waals surface area contributed by atoms with E-state index >= 15 is 0 Å². The maximum absolute atomic E-state index is 13.3. The lowest BCUT2D eigenvalue weighted by Gasteiger charge is -2.17. The van der Waals surface area contributed by atoms with Gasteiger partial charge in [0, 0.05) is 12.0 Å². The van der Waals surface area contributed by atoms with Gasteiger partial charge in [0.1, 0.15) is 28.9 Å². The number of rotatable bonds is 11. The van der Waals surface area contributed by atoms with Gasteiger partial charge in [-0.05, 0) is 37.1 Å². The smallest absolute Gasteiger partial charge is 0.263 e. The summed E-state index contributed by atoms with van der Waals surface area (Å²) in [6.45, 7) is 0.